The Morgan fingerprint density at radius 1 is 0.973 bits per heavy atom. The summed E-state index contributed by atoms with van der Waals surface area (Å²) in [5.41, 5.74) is 3.30. The van der Waals surface area contributed by atoms with E-state index in [1.54, 1.807) is 18.2 Å². The summed E-state index contributed by atoms with van der Waals surface area (Å²) in [4.78, 5) is 30.2. The van der Waals surface area contributed by atoms with E-state index in [-0.39, 0.29) is 22.7 Å². The van der Waals surface area contributed by atoms with Crippen LogP contribution in [0.15, 0.2) is 71.6 Å². The Bertz CT molecular complexity index is 1300. The van der Waals surface area contributed by atoms with Crippen LogP contribution in [0.3, 0.4) is 0 Å². The van der Waals surface area contributed by atoms with Gasteiger partial charge in [-0.2, -0.15) is 0 Å². The summed E-state index contributed by atoms with van der Waals surface area (Å²) in [7, 11) is 0. The standard InChI is InChI=1S/C27H26Cl2N4O2S2/c1-18-4-2-3-5-22(18)26(35)33-14-12-32(13-15-33)24-11-8-20(16-23(24)29)30-27(36)31-25(34)17-37-21-9-6-19(28)7-10-21/h2-11,16H,12-15,17H2,1H3,(H2,30,31,34,36). The fourth-order valence-corrected chi connectivity index (χ4v) is 5.34. The summed E-state index contributed by atoms with van der Waals surface area (Å²) >= 11 is 19.2. The van der Waals surface area contributed by atoms with Crippen LogP contribution in [0.2, 0.25) is 10.0 Å². The third-order valence-corrected chi connectivity index (χ3v) is 7.70. The van der Waals surface area contributed by atoms with Gasteiger partial charge in [-0.3, -0.25) is 9.59 Å². The molecule has 3 aromatic rings. The van der Waals surface area contributed by atoms with Crippen molar-refractivity contribution in [3.8, 4) is 0 Å². The zero-order valence-electron chi connectivity index (χ0n) is 20.2. The molecule has 0 unspecified atom stereocenters. The molecule has 1 aliphatic heterocycles. The Morgan fingerprint density at radius 2 is 1.68 bits per heavy atom. The average molecular weight is 574 g/mol. The molecule has 6 nitrogen and oxygen atoms in total. The van der Waals surface area contributed by atoms with Crippen molar-refractivity contribution in [2.24, 2.45) is 0 Å². The number of carbonyl (C=O) groups is 2. The van der Waals surface area contributed by atoms with Crippen molar-refractivity contribution in [2.75, 3.05) is 42.1 Å². The molecule has 2 N–H and O–H groups in total. The van der Waals surface area contributed by atoms with Crippen LogP contribution < -0.4 is 15.5 Å². The van der Waals surface area contributed by atoms with E-state index in [2.05, 4.69) is 15.5 Å². The van der Waals surface area contributed by atoms with Gasteiger partial charge in [0, 0.05) is 47.3 Å². The lowest BCUT2D eigenvalue weighted by molar-refractivity contribution is -0.117. The van der Waals surface area contributed by atoms with Crippen molar-refractivity contribution in [3.05, 3.63) is 87.9 Å². The summed E-state index contributed by atoms with van der Waals surface area (Å²) in [6.45, 7) is 4.56. The van der Waals surface area contributed by atoms with Gasteiger partial charge in [-0.05, 0) is 73.2 Å². The lowest BCUT2D eigenvalue weighted by atomic mass is 10.1. The molecule has 10 heteroatoms. The van der Waals surface area contributed by atoms with E-state index in [0.717, 1.165) is 21.7 Å². The molecule has 4 rings (SSSR count). The van der Waals surface area contributed by atoms with E-state index in [4.69, 9.17) is 35.4 Å². The van der Waals surface area contributed by atoms with Gasteiger partial charge >= 0.3 is 0 Å². The highest BCUT2D eigenvalue weighted by molar-refractivity contribution is 8.00. The molecule has 1 aliphatic rings. The maximum Gasteiger partial charge on any atom is 0.254 e. The van der Waals surface area contributed by atoms with Crippen molar-refractivity contribution in [2.45, 2.75) is 11.8 Å². The third kappa shape index (κ3) is 7.38. The second-order valence-electron chi connectivity index (χ2n) is 8.51. The molecule has 37 heavy (non-hydrogen) atoms. The Labute approximate surface area is 236 Å². The normalized spacial score (nSPS) is 13.3. The Hall–Kier alpha value is -2.78. The number of thioether (sulfide) groups is 1. The summed E-state index contributed by atoms with van der Waals surface area (Å²) in [5, 5.41) is 7.12. The van der Waals surface area contributed by atoms with Crippen molar-refractivity contribution >= 4 is 75.5 Å². The van der Waals surface area contributed by atoms with Crippen LogP contribution in [-0.2, 0) is 4.79 Å². The van der Waals surface area contributed by atoms with Crippen molar-refractivity contribution < 1.29 is 9.59 Å². The molecule has 3 aromatic carbocycles. The van der Waals surface area contributed by atoms with Crippen molar-refractivity contribution in [1.82, 2.24) is 10.2 Å². The average Bonchev–Trinajstić information content (AvgIpc) is 2.88. The molecule has 0 bridgehead atoms. The monoisotopic (exact) mass is 572 g/mol. The minimum atomic E-state index is -0.210. The van der Waals surface area contributed by atoms with Gasteiger partial charge in [0.05, 0.1) is 16.5 Å². The minimum Gasteiger partial charge on any atom is -0.367 e. The smallest absolute Gasteiger partial charge is 0.254 e. The number of carbonyl (C=O) groups excluding carboxylic acids is 2. The molecule has 192 valence electrons. The number of hydrogen-bond donors (Lipinski definition) is 2. The van der Waals surface area contributed by atoms with Crippen molar-refractivity contribution in [3.63, 3.8) is 0 Å². The number of amides is 2. The highest BCUT2D eigenvalue weighted by atomic mass is 35.5. The minimum absolute atomic E-state index is 0.0607. The number of hydrogen-bond acceptors (Lipinski definition) is 5. The van der Waals surface area contributed by atoms with Crippen LogP contribution >= 0.6 is 47.2 Å². The second kappa shape index (κ2) is 12.6. The molecular weight excluding hydrogens is 547 g/mol. The summed E-state index contributed by atoms with van der Waals surface area (Å²) < 4.78 is 0. The fourth-order valence-electron chi connectivity index (χ4n) is 3.98. The largest absolute Gasteiger partial charge is 0.367 e. The quantitative estimate of drug-likeness (QED) is 0.284. The first-order valence-corrected chi connectivity index (χ1v) is 13.8. The summed E-state index contributed by atoms with van der Waals surface area (Å²) in [6.07, 6.45) is 0. The molecular formula is C27H26Cl2N4O2S2. The predicted molar refractivity (Wildman–Crippen MR) is 157 cm³/mol. The third-order valence-electron chi connectivity index (χ3n) is 5.93. The zero-order valence-corrected chi connectivity index (χ0v) is 23.3. The maximum atomic E-state index is 12.9. The molecule has 0 aliphatic carbocycles. The first kappa shape index (κ1) is 27.3. The Balaban J connectivity index is 1.27. The number of nitrogens with one attached hydrogen (secondary N) is 2. The van der Waals surface area contributed by atoms with Crippen LogP contribution in [0, 0.1) is 6.92 Å². The molecule has 0 atom stereocenters. The van der Waals surface area contributed by atoms with Crippen molar-refractivity contribution in [1.29, 1.82) is 0 Å². The topological polar surface area (TPSA) is 64.7 Å². The van der Waals surface area contributed by atoms with E-state index in [1.165, 1.54) is 11.8 Å². The van der Waals surface area contributed by atoms with Gasteiger partial charge in [0.15, 0.2) is 5.11 Å². The molecule has 1 saturated heterocycles. The summed E-state index contributed by atoms with van der Waals surface area (Å²) in [6, 6.07) is 20.5. The summed E-state index contributed by atoms with van der Waals surface area (Å²) in [5.74, 6) is 0.0744. The number of anilines is 2. The molecule has 0 aromatic heterocycles. The van der Waals surface area contributed by atoms with Gasteiger partial charge in [-0.25, -0.2) is 0 Å². The molecule has 1 fully saturated rings. The SMILES string of the molecule is Cc1ccccc1C(=O)N1CCN(c2ccc(NC(=S)NC(=O)CSc3ccc(Cl)cc3)cc2Cl)CC1. The lowest BCUT2D eigenvalue weighted by Crippen LogP contribution is -2.49. The first-order chi connectivity index (χ1) is 17.8. The van der Waals surface area contributed by atoms with Gasteiger partial charge in [-0.1, -0.05) is 41.4 Å². The Kier molecular flexibility index (Phi) is 9.32. The lowest BCUT2D eigenvalue weighted by Gasteiger charge is -2.36. The number of nitrogens with zero attached hydrogens (tertiary/aromatic N) is 2. The van der Waals surface area contributed by atoms with Crippen LogP contribution in [0.5, 0.6) is 0 Å². The van der Waals surface area contributed by atoms with Gasteiger partial charge in [-0.15, -0.1) is 11.8 Å². The zero-order chi connectivity index (χ0) is 26.4. The van der Waals surface area contributed by atoms with Crippen LogP contribution in [0.25, 0.3) is 0 Å². The second-order valence-corrected chi connectivity index (χ2v) is 10.8. The fraction of sp³-hybridized carbons (Fsp3) is 0.222. The number of piperazine rings is 1. The number of benzene rings is 3. The molecule has 0 radical (unpaired) electrons. The maximum absolute atomic E-state index is 12.9. The van der Waals surface area contributed by atoms with Gasteiger partial charge in [0.1, 0.15) is 0 Å². The van der Waals surface area contributed by atoms with Gasteiger partial charge in [0.25, 0.3) is 5.91 Å². The molecule has 2 amide bonds. The Morgan fingerprint density at radius 3 is 2.35 bits per heavy atom. The number of rotatable bonds is 6. The van der Waals surface area contributed by atoms with E-state index >= 15 is 0 Å². The number of halogens is 2. The number of aryl methyl sites for hydroxylation is 1. The highest BCUT2D eigenvalue weighted by Gasteiger charge is 2.24. The van der Waals surface area contributed by atoms with E-state index in [1.807, 2.05) is 60.4 Å². The first-order valence-electron chi connectivity index (χ1n) is 11.7. The van der Waals surface area contributed by atoms with E-state index in [9.17, 15) is 9.59 Å². The predicted octanol–water partition coefficient (Wildman–Crippen LogP) is 5.87. The highest BCUT2D eigenvalue weighted by Crippen LogP contribution is 2.30. The molecule has 0 saturated carbocycles. The number of thiocarbonyl (C=S) groups is 1. The van der Waals surface area contributed by atoms with E-state index < -0.39 is 0 Å². The van der Waals surface area contributed by atoms with Gasteiger partial charge < -0.3 is 20.4 Å². The molecule has 0 spiro atoms. The van der Waals surface area contributed by atoms with Gasteiger partial charge in [0.2, 0.25) is 5.91 Å². The molecule has 1 heterocycles. The van der Waals surface area contributed by atoms with E-state index in [0.29, 0.717) is 41.9 Å². The van der Waals surface area contributed by atoms with Crippen LogP contribution in [0.4, 0.5) is 11.4 Å². The van der Waals surface area contributed by atoms with Crippen LogP contribution in [-0.4, -0.2) is 53.8 Å². The van der Waals surface area contributed by atoms with Crippen LogP contribution in [0.1, 0.15) is 15.9 Å².